The third-order valence-corrected chi connectivity index (χ3v) is 7.16. The lowest BCUT2D eigenvalue weighted by molar-refractivity contribution is -0.255. The Morgan fingerprint density at radius 2 is 1.84 bits per heavy atom. The van der Waals surface area contributed by atoms with Crippen LogP contribution in [0.5, 0.6) is 0 Å². The summed E-state index contributed by atoms with van der Waals surface area (Å²) in [6.07, 6.45) is 0.549. The van der Waals surface area contributed by atoms with Gasteiger partial charge in [0.15, 0.2) is 6.23 Å². The number of rotatable bonds is 8. The molecule has 0 aromatic heterocycles. The first kappa shape index (κ1) is 27.3. The van der Waals surface area contributed by atoms with Crippen molar-refractivity contribution < 1.29 is 33.8 Å². The summed E-state index contributed by atoms with van der Waals surface area (Å²) in [5.74, 6) is -4.86. The Bertz CT molecular complexity index is 1200. The molecule has 0 radical (unpaired) electrons. The predicted molar refractivity (Wildman–Crippen MR) is 136 cm³/mol. The number of benzene rings is 2. The highest BCUT2D eigenvalue weighted by molar-refractivity contribution is 6.31. The van der Waals surface area contributed by atoms with Crippen LogP contribution < -0.4 is 5.32 Å². The minimum absolute atomic E-state index is 0.0945. The van der Waals surface area contributed by atoms with Gasteiger partial charge in [-0.15, -0.1) is 0 Å². The zero-order chi connectivity index (χ0) is 27.4. The first-order valence-electron chi connectivity index (χ1n) is 12.7. The molecule has 202 valence electrons. The molecular weight excluding hydrogens is 490 g/mol. The molecule has 2 aromatic carbocycles. The topological polar surface area (TPSA) is 125 Å². The molecule has 2 N–H and O–H groups in total. The van der Waals surface area contributed by atoms with Crippen LogP contribution in [0.1, 0.15) is 59.5 Å². The van der Waals surface area contributed by atoms with E-state index < -0.39 is 30.0 Å². The molecule has 2 heterocycles. The maximum absolute atomic E-state index is 13.6. The summed E-state index contributed by atoms with van der Waals surface area (Å²) >= 11 is 0. The number of carbonyl (C=O) groups excluding carboxylic acids is 4. The van der Waals surface area contributed by atoms with Crippen molar-refractivity contribution in [3.05, 3.63) is 70.8 Å². The van der Waals surface area contributed by atoms with Crippen molar-refractivity contribution in [1.29, 1.82) is 0 Å². The van der Waals surface area contributed by atoms with Crippen LogP contribution in [0, 0.1) is 6.92 Å². The second kappa shape index (κ2) is 11.3. The Morgan fingerprint density at radius 3 is 2.47 bits per heavy atom. The van der Waals surface area contributed by atoms with Crippen LogP contribution in [0.25, 0.3) is 0 Å². The highest BCUT2D eigenvalue weighted by Crippen LogP contribution is 2.38. The third-order valence-electron chi connectivity index (χ3n) is 7.16. The number of carbonyl (C=O) groups is 4. The second-order valence-corrected chi connectivity index (χ2v) is 9.71. The number of likely N-dealkylation sites (N-methyl/N-ethyl adjacent to an activating group) is 1. The number of hydrogen-bond acceptors (Lipinski definition) is 8. The molecule has 10 nitrogen and oxygen atoms in total. The van der Waals surface area contributed by atoms with Crippen molar-refractivity contribution >= 4 is 23.8 Å². The normalized spacial score (nSPS) is 19.3. The van der Waals surface area contributed by atoms with Gasteiger partial charge in [-0.05, 0) is 50.1 Å². The molecule has 2 saturated heterocycles. The Kier molecular flexibility index (Phi) is 8.13. The molecule has 2 atom stereocenters. The summed E-state index contributed by atoms with van der Waals surface area (Å²) in [4.78, 5) is 52.9. The molecule has 4 rings (SSSR count). The van der Waals surface area contributed by atoms with E-state index in [1.807, 2.05) is 25.2 Å². The van der Waals surface area contributed by atoms with E-state index in [4.69, 9.17) is 9.47 Å². The van der Waals surface area contributed by atoms with Gasteiger partial charge in [-0.1, -0.05) is 43.3 Å². The minimum atomic E-state index is -1.82. The number of aliphatic hydroxyl groups is 1. The first-order chi connectivity index (χ1) is 18.1. The van der Waals surface area contributed by atoms with E-state index in [1.54, 1.807) is 26.0 Å². The summed E-state index contributed by atoms with van der Waals surface area (Å²) in [6, 6.07) is 14.6. The zero-order valence-corrected chi connectivity index (χ0v) is 21.8. The van der Waals surface area contributed by atoms with E-state index >= 15 is 0 Å². The van der Waals surface area contributed by atoms with Crippen LogP contribution in [0.2, 0.25) is 0 Å². The summed E-state index contributed by atoms with van der Waals surface area (Å²) in [5.41, 5.74) is 2.51. The van der Waals surface area contributed by atoms with E-state index in [1.165, 1.54) is 16.5 Å². The highest BCUT2D eigenvalue weighted by Gasteiger charge is 2.58. The average Bonchev–Trinajstić information content (AvgIpc) is 3.19. The predicted octanol–water partition coefficient (Wildman–Crippen LogP) is 2.05. The summed E-state index contributed by atoms with van der Waals surface area (Å²) in [5, 5.41) is 12.8. The molecule has 0 saturated carbocycles. The first-order valence-corrected chi connectivity index (χ1v) is 12.7. The van der Waals surface area contributed by atoms with Gasteiger partial charge in [0.25, 0.3) is 5.91 Å². The number of ether oxygens (including phenoxy) is 2. The van der Waals surface area contributed by atoms with E-state index in [2.05, 4.69) is 22.3 Å². The summed E-state index contributed by atoms with van der Waals surface area (Å²) in [6.45, 7) is 4.33. The molecule has 38 heavy (non-hydrogen) atoms. The minimum Gasteiger partial charge on any atom is -0.395 e. The average molecular weight is 524 g/mol. The van der Waals surface area contributed by atoms with E-state index in [0.29, 0.717) is 17.5 Å². The fraction of sp³-hybridized carbons (Fsp3) is 0.429. The number of aliphatic hydroxyl groups excluding tert-OH is 1. The number of likely N-dealkylation sites (tertiary alicyclic amines) is 1. The molecule has 0 bridgehead atoms. The molecule has 2 amide bonds. The van der Waals surface area contributed by atoms with Gasteiger partial charge in [0.05, 0.1) is 6.42 Å². The lowest BCUT2D eigenvalue weighted by Gasteiger charge is -2.45. The Hall–Kier alpha value is -3.76. The smallest absolute Gasteiger partial charge is 0.395 e. The van der Waals surface area contributed by atoms with Crippen molar-refractivity contribution in [2.24, 2.45) is 0 Å². The summed E-state index contributed by atoms with van der Waals surface area (Å²) < 4.78 is 10.9. The van der Waals surface area contributed by atoms with Crippen LogP contribution >= 0.6 is 0 Å². The van der Waals surface area contributed by atoms with Gasteiger partial charge >= 0.3 is 17.8 Å². The van der Waals surface area contributed by atoms with E-state index in [9.17, 15) is 24.3 Å². The fourth-order valence-corrected chi connectivity index (χ4v) is 4.91. The Morgan fingerprint density at radius 1 is 1.16 bits per heavy atom. The number of nitrogens with one attached hydrogen (secondary N) is 1. The lowest BCUT2D eigenvalue weighted by atomic mass is 9.97. The molecule has 2 unspecified atom stereocenters. The zero-order valence-electron chi connectivity index (χ0n) is 21.8. The number of aryl methyl sites for hydroxylation is 1. The van der Waals surface area contributed by atoms with E-state index in [0.717, 1.165) is 13.0 Å². The van der Waals surface area contributed by atoms with Gasteiger partial charge in [0.2, 0.25) is 5.91 Å². The highest BCUT2D eigenvalue weighted by atomic mass is 16.8. The van der Waals surface area contributed by atoms with Crippen molar-refractivity contribution in [3.8, 4) is 0 Å². The lowest BCUT2D eigenvalue weighted by Crippen LogP contribution is -2.61. The van der Waals surface area contributed by atoms with Crippen LogP contribution in [-0.4, -0.2) is 70.7 Å². The molecular formula is C28H33N3O7. The Labute approximate surface area is 221 Å². The number of amides is 2. The van der Waals surface area contributed by atoms with Crippen molar-refractivity contribution in [2.45, 2.75) is 57.7 Å². The molecule has 2 aliphatic heterocycles. The van der Waals surface area contributed by atoms with Crippen molar-refractivity contribution in [1.82, 2.24) is 15.1 Å². The third kappa shape index (κ3) is 5.71. The van der Waals surface area contributed by atoms with Crippen LogP contribution in [0.3, 0.4) is 0 Å². The number of hydrogen-bond donors (Lipinski definition) is 2. The SMILES string of the molecule is CCC(=O)NC(O)c1ccc(C(=O)N2CCC(N(C)CCc3ccccc3)CC23OC(=O)C(=O)O3)cc1C. The molecule has 2 fully saturated rings. The standard InChI is InChI=1S/C28H33N3O7/c1-4-23(32)29-24(33)22-11-10-20(16-18(22)2)25(34)31-15-13-21(17-28(31)37-26(35)27(36)38-28)30(3)14-12-19-8-6-5-7-9-19/h5-11,16,21,24,33H,4,12-15,17H2,1-3H3,(H,29,32). The van der Waals surface area contributed by atoms with Crippen LogP contribution in [0.15, 0.2) is 48.5 Å². The second-order valence-electron chi connectivity index (χ2n) is 9.71. The van der Waals surface area contributed by atoms with Gasteiger partial charge in [-0.2, -0.15) is 0 Å². The maximum atomic E-state index is 13.6. The number of piperidine rings is 1. The molecule has 10 heteroatoms. The van der Waals surface area contributed by atoms with Crippen molar-refractivity contribution in [2.75, 3.05) is 20.1 Å². The fourth-order valence-electron chi connectivity index (χ4n) is 4.91. The molecule has 2 aliphatic rings. The number of nitrogens with zero attached hydrogens (tertiary/aromatic N) is 2. The molecule has 2 aromatic rings. The molecule has 1 spiro atoms. The largest absolute Gasteiger partial charge is 0.422 e. The van der Waals surface area contributed by atoms with Crippen LogP contribution in [0.4, 0.5) is 0 Å². The van der Waals surface area contributed by atoms with Gasteiger partial charge in [-0.25, -0.2) is 9.59 Å². The summed E-state index contributed by atoms with van der Waals surface area (Å²) in [7, 11) is 1.96. The maximum Gasteiger partial charge on any atom is 0.422 e. The quantitative estimate of drug-likeness (QED) is 0.306. The molecule has 0 aliphatic carbocycles. The Balaban J connectivity index is 1.51. The van der Waals surface area contributed by atoms with E-state index in [-0.39, 0.29) is 36.9 Å². The number of esters is 2. The van der Waals surface area contributed by atoms with Gasteiger partial charge in [0, 0.05) is 36.7 Å². The monoisotopic (exact) mass is 523 g/mol. The van der Waals surface area contributed by atoms with Gasteiger partial charge in [0.1, 0.15) is 0 Å². The van der Waals surface area contributed by atoms with Crippen molar-refractivity contribution in [3.63, 3.8) is 0 Å². The van der Waals surface area contributed by atoms with Crippen LogP contribution in [-0.2, 0) is 30.3 Å². The van der Waals surface area contributed by atoms with Gasteiger partial charge in [-0.3, -0.25) is 14.5 Å². The van der Waals surface area contributed by atoms with Gasteiger partial charge < -0.3 is 24.8 Å².